The number of rotatable bonds is 4. The van der Waals surface area contributed by atoms with Crippen molar-refractivity contribution >= 4 is 21.8 Å². The molecule has 0 spiro atoms. The molecular weight excluding hydrogens is 354 g/mol. The number of nitrogens with one attached hydrogen (secondary N) is 1. The van der Waals surface area contributed by atoms with E-state index in [4.69, 9.17) is 0 Å². The predicted octanol–water partition coefficient (Wildman–Crippen LogP) is 1.85. The van der Waals surface area contributed by atoms with Crippen molar-refractivity contribution in [1.82, 2.24) is 14.5 Å². The highest BCUT2D eigenvalue weighted by Crippen LogP contribution is 2.20. The van der Waals surface area contributed by atoms with Crippen LogP contribution in [0.25, 0.3) is 0 Å². The topological polar surface area (TPSA) is 86.8 Å². The van der Waals surface area contributed by atoms with Gasteiger partial charge in [-0.05, 0) is 31.9 Å². The van der Waals surface area contributed by atoms with Gasteiger partial charge in [-0.15, -0.1) is 0 Å². The van der Waals surface area contributed by atoms with Gasteiger partial charge in [0.05, 0.1) is 4.90 Å². The summed E-state index contributed by atoms with van der Waals surface area (Å²) in [7, 11) is -3.61. The molecule has 142 valence electrons. The van der Waals surface area contributed by atoms with Crippen LogP contribution in [0.15, 0.2) is 29.2 Å². The van der Waals surface area contributed by atoms with Gasteiger partial charge in [0.15, 0.2) is 5.78 Å². The average molecular weight is 379 g/mol. The third kappa shape index (κ3) is 4.07. The van der Waals surface area contributed by atoms with Crippen LogP contribution in [0.5, 0.6) is 0 Å². The zero-order valence-corrected chi connectivity index (χ0v) is 15.8. The maximum absolute atomic E-state index is 12.7. The standard InChI is InChI=1S/C18H25N3O4S/c1-14(22)15-6-8-17(9-7-15)26(24,25)21-12-10-20(11-13-21)18(23)19-16-4-2-3-5-16/h6-9,16H,2-5,10-13H2,1H3,(H,19,23). The Morgan fingerprint density at radius 3 is 2.12 bits per heavy atom. The molecule has 8 heteroatoms. The molecule has 26 heavy (non-hydrogen) atoms. The van der Waals surface area contributed by atoms with Crippen LogP contribution in [-0.2, 0) is 10.0 Å². The number of sulfonamides is 1. The number of piperazine rings is 1. The monoisotopic (exact) mass is 379 g/mol. The first kappa shape index (κ1) is 18.8. The lowest BCUT2D eigenvalue weighted by molar-refractivity contribution is 0.101. The van der Waals surface area contributed by atoms with Crippen LogP contribution in [0.1, 0.15) is 43.0 Å². The molecule has 3 rings (SSSR count). The number of nitrogens with zero attached hydrogens (tertiary/aromatic N) is 2. The maximum Gasteiger partial charge on any atom is 0.317 e. The van der Waals surface area contributed by atoms with Crippen LogP contribution in [0.4, 0.5) is 4.79 Å². The van der Waals surface area contributed by atoms with Gasteiger partial charge in [-0.1, -0.05) is 25.0 Å². The molecule has 1 heterocycles. The SMILES string of the molecule is CC(=O)c1ccc(S(=O)(=O)N2CCN(C(=O)NC3CCCC3)CC2)cc1. The van der Waals surface area contributed by atoms with Crippen molar-refractivity contribution in [2.45, 2.75) is 43.5 Å². The number of ketones is 1. The molecule has 1 aromatic rings. The van der Waals surface area contributed by atoms with E-state index in [1.165, 1.54) is 35.5 Å². The van der Waals surface area contributed by atoms with E-state index in [-0.39, 0.29) is 35.8 Å². The Balaban J connectivity index is 1.59. The van der Waals surface area contributed by atoms with Gasteiger partial charge in [-0.3, -0.25) is 4.79 Å². The van der Waals surface area contributed by atoms with E-state index in [9.17, 15) is 18.0 Å². The number of carbonyl (C=O) groups excluding carboxylic acids is 2. The second-order valence-electron chi connectivity index (χ2n) is 6.90. The quantitative estimate of drug-likeness (QED) is 0.809. The highest BCUT2D eigenvalue weighted by molar-refractivity contribution is 7.89. The molecule has 0 bridgehead atoms. The summed E-state index contributed by atoms with van der Waals surface area (Å²) in [5.41, 5.74) is 0.484. The van der Waals surface area contributed by atoms with E-state index < -0.39 is 10.0 Å². The largest absolute Gasteiger partial charge is 0.335 e. The molecule has 0 unspecified atom stereocenters. The Labute approximate surface area is 154 Å². The first-order valence-corrected chi connectivity index (χ1v) is 10.5. The highest BCUT2D eigenvalue weighted by atomic mass is 32.2. The number of carbonyl (C=O) groups is 2. The van der Waals surface area contributed by atoms with Crippen molar-refractivity contribution < 1.29 is 18.0 Å². The summed E-state index contributed by atoms with van der Waals surface area (Å²) < 4.78 is 26.9. The van der Waals surface area contributed by atoms with Gasteiger partial charge in [0.2, 0.25) is 10.0 Å². The van der Waals surface area contributed by atoms with E-state index in [1.54, 1.807) is 4.90 Å². The summed E-state index contributed by atoms with van der Waals surface area (Å²) in [5, 5.41) is 3.04. The van der Waals surface area contributed by atoms with Gasteiger partial charge in [0.1, 0.15) is 0 Å². The van der Waals surface area contributed by atoms with Gasteiger partial charge < -0.3 is 10.2 Å². The van der Waals surface area contributed by atoms with Crippen LogP contribution < -0.4 is 5.32 Å². The number of amides is 2. The van der Waals surface area contributed by atoms with Crippen molar-refractivity contribution in [3.05, 3.63) is 29.8 Å². The van der Waals surface area contributed by atoms with Crippen LogP contribution in [0, 0.1) is 0 Å². The molecule has 1 N–H and O–H groups in total. The number of urea groups is 1. The number of Topliss-reactive ketones (excluding diaryl/α,β-unsaturated/α-hetero) is 1. The predicted molar refractivity (Wildman–Crippen MR) is 97.6 cm³/mol. The van der Waals surface area contributed by atoms with Crippen LogP contribution in [0.3, 0.4) is 0 Å². The van der Waals surface area contributed by atoms with Gasteiger partial charge in [0.25, 0.3) is 0 Å². The smallest absolute Gasteiger partial charge is 0.317 e. The molecule has 2 aliphatic rings. The molecule has 2 fully saturated rings. The second-order valence-corrected chi connectivity index (χ2v) is 8.84. The van der Waals surface area contributed by atoms with Gasteiger partial charge in [-0.2, -0.15) is 4.31 Å². The summed E-state index contributed by atoms with van der Waals surface area (Å²) in [6, 6.07) is 6.14. The lowest BCUT2D eigenvalue weighted by atomic mass is 10.2. The summed E-state index contributed by atoms with van der Waals surface area (Å²) in [6.07, 6.45) is 4.35. The second kappa shape index (κ2) is 7.75. The minimum atomic E-state index is -3.61. The molecule has 0 atom stereocenters. The fourth-order valence-corrected chi connectivity index (χ4v) is 4.90. The molecule has 7 nitrogen and oxygen atoms in total. The van der Waals surface area contributed by atoms with Crippen LogP contribution in [0.2, 0.25) is 0 Å². The van der Waals surface area contributed by atoms with Crippen molar-refractivity contribution in [1.29, 1.82) is 0 Å². The van der Waals surface area contributed by atoms with Crippen molar-refractivity contribution in [2.75, 3.05) is 26.2 Å². The van der Waals surface area contributed by atoms with Crippen LogP contribution >= 0.6 is 0 Å². The fourth-order valence-electron chi connectivity index (χ4n) is 3.48. The summed E-state index contributed by atoms with van der Waals surface area (Å²) in [5.74, 6) is -0.101. The number of benzene rings is 1. The zero-order valence-electron chi connectivity index (χ0n) is 15.0. The van der Waals surface area contributed by atoms with Crippen LogP contribution in [-0.4, -0.2) is 61.7 Å². The molecule has 1 aliphatic heterocycles. The molecule has 2 amide bonds. The van der Waals surface area contributed by atoms with Gasteiger partial charge in [0, 0.05) is 37.8 Å². The first-order chi connectivity index (χ1) is 12.4. The molecule has 0 radical (unpaired) electrons. The van der Waals surface area contributed by atoms with E-state index in [0.29, 0.717) is 18.7 Å². The van der Waals surface area contributed by atoms with E-state index in [2.05, 4.69) is 5.32 Å². The fraction of sp³-hybridized carbons (Fsp3) is 0.556. The summed E-state index contributed by atoms with van der Waals surface area (Å²) >= 11 is 0. The average Bonchev–Trinajstić information content (AvgIpc) is 3.15. The van der Waals surface area contributed by atoms with Crippen molar-refractivity contribution in [3.63, 3.8) is 0 Å². The highest BCUT2D eigenvalue weighted by Gasteiger charge is 2.31. The van der Waals surface area contributed by atoms with Gasteiger partial charge >= 0.3 is 6.03 Å². The Morgan fingerprint density at radius 1 is 1.00 bits per heavy atom. The van der Waals surface area contributed by atoms with Crippen molar-refractivity contribution in [2.24, 2.45) is 0 Å². The lowest BCUT2D eigenvalue weighted by Gasteiger charge is -2.34. The third-order valence-corrected chi connectivity index (χ3v) is 7.02. The molecule has 1 saturated carbocycles. The zero-order chi connectivity index (χ0) is 18.7. The lowest BCUT2D eigenvalue weighted by Crippen LogP contribution is -2.54. The van der Waals surface area contributed by atoms with Crippen molar-refractivity contribution in [3.8, 4) is 0 Å². The molecule has 1 aromatic carbocycles. The molecule has 1 saturated heterocycles. The summed E-state index contributed by atoms with van der Waals surface area (Å²) in [4.78, 5) is 25.5. The Morgan fingerprint density at radius 2 is 1.58 bits per heavy atom. The minimum absolute atomic E-state index is 0.0974. The Hall–Kier alpha value is -1.93. The Bertz CT molecular complexity index is 762. The minimum Gasteiger partial charge on any atom is -0.335 e. The number of hydrogen-bond acceptors (Lipinski definition) is 4. The normalized spacial score (nSPS) is 19.5. The van der Waals surface area contributed by atoms with E-state index >= 15 is 0 Å². The maximum atomic E-state index is 12.7. The third-order valence-electron chi connectivity index (χ3n) is 5.11. The molecule has 1 aliphatic carbocycles. The van der Waals surface area contributed by atoms with E-state index in [1.807, 2.05) is 0 Å². The molecular formula is C18H25N3O4S. The summed E-state index contributed by atoms with van der Waals surface area (Å²) in [6.45, 7) is 2.75. The Kier molecular flexibility index (Phi) is 5.62. The van der Waals surface area contributed by atoms with E-state index in [0.717, 1.165) is 25.7 Å². The molecule has 0 aromatic heterocycles. The first-order valence-electron chi connectivity index (χ1n) is 9.04. The number of hydrogen-bond donors (Lipinski definition) is 1. The van der Waals surface area contributed by atoms with Gasteiger partial charge in [-0.25, -0.2) is 13.2 Å².